The third kappa shape index (κ3) is 4.69. The lowest BCUT2D eigenvalue weighted by molar-refractivity contribution is -0.126. The van der Waals surface area contributed by atoms with Crippen molar-refractivity contribution in [2.24, 2.45) is 0 Å². The van der Waals surface area contributed by atoms with E-state index in [-0.39, 0.29) is 24.4 Å². The molecule has 0 atom stereocenters. The Kier molecular flexibility index (Phi) is 5.83. The van der Waals surface area contributed by atoms with E-state index in [1.165, 1.54) is 12.8 Å². The van der Waals surface area contributed by atoms with Crippen LogP contribution in [0.4, 0.5) is 0 Å². The van der Waals surface area contributed by atoms with Crippen molar-refractivity contribution >= 4 is 11.8 Å². The van der Waals surface area contributed by atoms with Crippen LogP contribution in [0.2, 0.25) is 0 Å². The van der Waals surface area contributed by atoms with Crippen molar-refractivity contribution in [1.29, 1.82) is 0 Å². The molecule has 0 bridgehead atoms. The highest BCUT2D eigenvalue weighted by Gasteiger charge is 2.23. The summed E-state index contributed by atoms with van der Waals surface area (Å²) in [5.41, 5.74) is 1.84. The van der Waals surface area contributed by atoms with Gasteiger partial charge in [0.25, 0.3) is 0 Å². The van der Waals surface area contributed by atoms with E-state index in [1.54, 1.807) is 0 Å². The Morgan fingerprint density at radius 1 is 0.880 bits per heavy atom. The predicted molar refractivity (Wildman–Crippen MR) is 98.1 cm³/mol. The van der Waals surface area contributed by atoms with Gasteiger partial charge in [-0.05, 0) is 24.0 Å². The van der Waals surface area contributed by atoms with Gasteiger partial charge < -0.3 is 10.6 Å². The number of carbonyl (C=O) groups is 2. The summed E-state index contributed by atoms with van der Waals surface area (Å²) in [6.45, 7) is 0.0193. The smallest absolute Gasteiger partial charge is 0.239 e. The van der Waals surface area contributed by atoms with Crippen LogP contribution in [0.1, 0.15) is 42.7 Å². The van der Waals surface area contributed by atoms with Crippen molar-refractivity contribution < 1.29 is 9.59 Å². The molecule has 0 aromatic heterocycles. The minimum Gasteiger partial charge on any atom is -0.352 e. The van der Waals surface area contributed by atoms with Crippen molar-refractivity contribution in [3.63, 3.8) is 0 Å². The molecular weight excluding hydrogens is 312 g/mol. The van der Waals surface area contributed by atoms with E-state index in [1.807, 2.05) is 60.7 Å². The maximum absolute atomic E-state index is 12.8. The lowest BCUT2D eigenvalue weighted by atomic mass is 9.90. The Hall–Kier alpha value is -2.62. The van der Waals surface area contributed by atoms with E-state index in [4.69, 9.17) is 0 Å². The summed E-state index contributed by atoms with van der Waals surface area (Å²) in [6.07, 6.45) is 4.41. The minimum absolute atomic E-state index is 0.0193. The quantitative estimate of drug-likeness (QED) is 0.852. The van der Waals surface area contributed by atoms with Gasteiger partial charge in [0.15, 0.2) is 0 Å². The molecule has 0 spiro atoms. The van der Waals surface area contributed by atoms with Crippen LogP contribution in [-0.2, 0) is 9.59 Å². The summed E-state index contributed by atoms with van der Waals surface area (Å²) in [6, 6.07) is 19.6. The van der Waals surface area contributed by atoms with Crippen molar-refractivity contribution in [2.45, 2.75) is 37.6 Å². The normalized spacial score (nSPS) is 14.4. The predicted octanol–water partition coefficient (Wildman–Crippen LogP) is 2.99. The first-order valence-electron chi connectivity index (χ1n) is 8.91. The van der Waals surface area contributed by atoms with Crippen LogP contribution in [0.15, 0.2) is 60.7 Å². The Morgan fingerprint density at radius 3 is 1.92 bits per heavy atom. The molecule has 1 aliphatic rings. The summed E-state index contributed by atoms with van der Waals surface area (Å²) >= 11 is 0. The molecule has 1 aliphatic carbocycles. The zero-order valence-corrected chi connectivity index (χ0v) is 14.3. The number of carbonyl (C=O) groups excluding carboxylic acids is 2. The average Bonchev–Trinajstić information content (AvgIpc) is 3.15. The number of rotatable bonds is 6. The van der Waals surface area contributed by atoms with E-state index in [9.17, 15) is 9.59 Å². The number of benzene rings is 2. The fourth-order valence-electron chi connectivity index (χ4n) is 3.40. The van der Waals surface area contributed by atoms with Gasteiger partial charge in [0.2, 0.25) is 11.8 Å². The summed E-state index contributed by atoms with van der Waals surface area (Å²) in [5.74, 6) is -0.680. The van der Waals surface area contributed by atoms with Crippen molar-refractivity contribution in [3.05, 3.63) is 71.8 Å². The molecule has 0 unspecified atom stereocenters. The molecule has 2 N–H and O–H groups in total. The zero-order chi connectivity index (χ0) is 17.5. The molecule has 4 heteroatoms. The second-order valence-electron chi connectivity index (χ2n) is 6.52. The largest absolute Gasteiger partial charge is 0.352 e. The van der Waals surface area contributed by atoms with E-state index < -0.39 is 5.92 Å². The topological polar surface area (TPSA) is 58.2 Å². The monoisotopic (exact) mass is 336 g/mol. The van der Waals surface area contributed by atoms with Crippen molar-refractivity contribution in [2.75, 3.05) is 6.54 Å². The molecule has 2 amide bonds. The third-order valence-electron chi connectivity index (χ3n) is 4.67. The maximum Gasteiger partial charge on any atom is 0.239 e. The maximum atomic E-state index is 12.8. The van der Waals surface area contributed by atoms with Crippen LogP contribution in [0, 0.1) is 0 Å². The van der Waals surface area contributed by atoms with Crippen LogP contribution >= 0.6 is 0 Å². The molecule has 25 heavy (non-hydrogen) atoms. The molecule has 2 aromatic carbocycles. The molecule has 0 radical (unpaired) electrons. The summed E-state index contributed by atoms with van der Waals surface area (Å²) in [5, 5.41) is 5.80. The van der Waals surface area contributed by atoms with Crippen LogP contribution in [0.3, 0.4) is 0 Å². The minimum atomic E-state index is -0.415. The van der Waals surface area contributed by atoms with Crippen molar-refractivity contribution in [1.82, 2.24) is 10.6 Å². The standard InChI is InChI=1S/C21H24N2O2/c24-19(23-18-13-7-8-14-18)15-22-21(25)20(16-9-3-1-4-10-16)17-11-5-2-6-12-17/h1-6,9-12,18,20H,7-8,13-15H2,(H,22,25)(H,23,24). The van der Waals surface area contributed by atoms with Gasteiger partial charge in [0.05, 0.1) is 12.5 Å². The van der Waals surface area contributed by atoms with E-state index in [0.717, 1.165) is 24.0 Å². The first-order valence-corrected chi connectivity index (χ1v) is 8.91. The highest BCUT2D eigenvalue weighted by atomic mass is 16.2. The van der Waals surface area contributed by atoms with Crippen LogP contribution < -0.4 is 10.6 Å². The molecule has 0 saturated heterocycles. The molecular formula is C21H24N2O2. The van der Waals surface area contributed by atoms with Crippen molar-refractivity contribution in [3.8, 4) is 0 Å². The van der Waals surface area contributed by atoms with E-state index >= 15 is 0 Å². The molecule has 0 heterocycles. The van der Waals surface area contributed by atoms with Gasteiger partial charge in [0, 0.05) is 6.04 Å². The summed E-state index contributed by atoms with van der Waals surface area (Å²) < 4.78 is 0. The average molecular weight is 336 g/mol. The van der Waals surface area contributed by atoms with E-state index in [0.29, 0.717) is 0 Å². The Bertz CT molecular complexity index is 655. The molecule has 4 nitrogen and oxygen atoms in total. The van der Waals surface area contributed by atoms with E-state index in [2.05, 4.69) is 10.6 Å². The van der Waals surface area contributed by atoms with Gasteiger partial charge in [-0.15, -0.1) is 0 Å². The SMILES string of the molecule is O=C(CNC(=O)C(c1ccccc1)c1ccccc1)NC1CCCC1. The Labute approximate surface area is 148 Å². The third-order valence-corrected chi connectivity index (χ3v) is 4.67. The highest BCUT2D eigenvalue weighted by Crippen LogP contribution is 2.24. The first kappa shape index (κ1) is 17.2. The van der Waals surface area contributed by atoms with Gasteiger partial charge in [-0.3, -0.25) is 9.59 Å². The first-order chi connectivity index (χ1) is 12.2. The lowest BCUT2D eigenvalue weighted by Gasteiger charge is -2.18. The van der Waals surface area contributed by atoms with Crippen LogP contribution in [-0.4, -0.2) is 24.4 Å². The molecule has 2 aromatic rings. The molecule has 1 fully saturated rings. The highest BCUT2D eigenvalue weighted by molar-refractivity contribution is 5.90. The number of amides is 2. The number of hydrogen-bond donors (Lipinski definition) is 2. The van der Waals surface area contributed by atoms with Gasteiger partial charge in [0.1, 0.15) is 0 Å². The summed E-state index contributed by atoms with van der Waals surface area (Å²) in [4.78, 5) is 24.9. The van der Waals surface area contributed by atoms with Gasteiger partial charge >= 0.3 is 0 Å². The zero-order valence-electron chi connectivity index (χ0n) is 14.3. The Balaban J connectivity index is 1.66. The van der Waals surface area contributed by atoms with Gasteiger partial charge in [-0.25, -0.2) is 0 Å². The van der Waals surface area contributed by atoms with Gasteiger partial charge in [-0.1, -0.05) is 73.5 Å². The van der Waals surface area contributed by atoms with Crippen LogP contribution in [0.25, 0.3) is 0 Å². The summed E-state index contributed by atoms with van der Waals surface area (Å²) in [7, 11) is 0. The fraction of sp³-hybridized carbons (Fsp3) is 0.333. The molecule has 3 rings (SSSR count). The lowest BCUT2D eigenvalue weighted by Crippen LogP contribution is -2.42. The number of nitrogens with one attached hydrogen (secondary N) is 2. The number of hydrogen-bond acceptors (Lipinski definition) is 2. The molecule has 0 aliphatic heterocycles. The molecule has 130 valence electrons. The second-order valence-corrected chi connectivity index (χ2v) is 6.52. The fourth-order valence-corrected chi connectivity index (χ4v) is 3.40. The van der Waals surface area contributed by atoms with Gasteiger partial charge in [-0.2, -0.15) is 0 Å². The molecule has 1 saturated carbocycles. The Morgan fingerprint density at radius 2 is 1.40 bits per heavy atom. The second kappa shape index (κ2) is 8.47. The van der Waals surface area contributed by atoms with Crippen LogP contribution in [0.5, 0.6) is 0 Å².